The van der Waals surface area contributed by atoms with E-state index in [4.69, 9.17) is 4.74 Å². The molecule has 12 rings (SSSR count). The van der Waals surface area contributed by atoms with Crippen LogP contribution >= 0.6 is 0 Å². The van der Waals surface area contributed by atoms with Crippen molar-refractivity contribution < 1.29 is 38.6 Å². The Morgan fingerprint density at radius 2 is 0.525 bits per heavy atom. The third kappa shape index (κ3) is 29.8. The predicted octanol–water partition coefficient (Wildman–Crippen LogP) is 21.0. The third-order valence-corrected chi connectivity index (χ3v) is 22.4. The summed E-state index contributed by atoms with van der Waals surface area (Å²) in [5.41, 5.74) is 14.7. The zero-order valence-electron chi connectivity index (χ0n) is 81.2. The van der Waals surface area contributed by atoms with Crippen LogP contribution in [-0.2, 0) is 26.4 Å². The molecule has 0 bridgehead atoms. The van der Waals surface area contributed by atoms with E-state index in [1.54, 1.807) is 95.2 Å². The highest BCUT2D eigenvalue weighted by molar-refractivity contribution is 5.96. The van der Waals surface area contributed by atoms with Crippen LogP contribution in [0.25, 0.3) is 0 Å². The minimum absolute atomic E-state index is 0.00309. The van der Waals surface area contributed by atoms with Crippen LogP contribution in [0.4, 0.5) is 0 Å². The van der Waals surface area contributed by atoms with Crippen LogP contribution < -0.4 is 5.32 Å². The zero-order chi connectivity index (χ0) is 92.7. The fourth-order valence-electron chi connectivity index (χ4n) is 15.6. The molecule has 17 heteroatoms. The van der Waals surface area contributed by atoms with Crippen LogP contribution in [0.15, 0.2) is 194 Å². The van der Waals surface area contributed by atoms with Crippen molar-refractivity contribution in [2.45, 2.75) is 191 Å². The molecular weight excluding hydrogens is 1520 g/mol. The Bertz CT molecular complexity index is 4020. The Morgan fingerprint density at radius 1 is 0.303 bits per heavy atom. The van der Waals surface area contributed by atoms with Gasteiger partial charge >= 0.3 is 5.97 Å². The van der Waals surface area contributed by atoms with E-state index in [0.717, 1.165) is 126 Å². The highest BCUT2D eigenvalue weighted by Crippen LogP contribution is 2.46. The highest BCUT2D eigenvalue weighted by Gasteiger charge is 2.42. The Balaban J connectivity index is 0.000000770. The molecule has 2 N–H and O–H groups in total. The smallest absolute Gasteiger partial charge is 0.337 e. The van der Waals surface area contributed by atoms with E-state index >= 15 is 0 Å². The second-order valence-corrected chi connectivity index (χ2v) is 30.3. The number of carbonyl (C=O) groups excluding carboxylic acids is 6. The van der Waals surface area contributed by atoms with Crippen molar-refractivity contribution in [2.75, 3.05) is 151 Å². The number of ether oxygens (including phenoxy) is 1. The maximum atomic E-state index is 12.3. The van der Waals surface area contributed by atoms with Gasteiger partial charge in [0.15, 0.2) is 0 Å². The van der Waals surface area contributed by atoms with E-state index < -0.39 is 0 Å². The molecule has 8 aromatic rings. The summed E-state index contributed by atoms with van der Waals surface area (Å²) in [7, 11) is 25.8. The van der Waals surface area contributed by atoms with Crippen LogP contribution in [-0.4, -0.2) is 231 Å². The molecule has 4 fully saturated rings. The van der Waals surface area contributed by atoms with E-state index in [1.807, 2.05) is 202 Å². The number of hydrogen-bond acceptors (Lipinski definition) is 12. The number of phenolic OH excluding ortho intramolecular Hbond substituents is 1. The van der Waals surface area contributed by atoms with Gasteiger partial charge in [-0.05, 0) is 268 Å². The Hall–Kier alpha value is -9.78. The minimum Gasteiger partial charge on any atom is -0.508 e. The van der Waals surface area contributed by atoms with Crippen molar-refractivity contribution in [1.82, 2.24) is 44.5 Å². The molecule has 8 aromatic carbocycles. The lowest BCUT2D eigenvalue weighted by atomic mass is 9.67. The molecule has 5 amide bonds. The monoisotopic (exact) mass is 1670 g/mol. The maximum absolute atomic E-state index is 12.3. The van der Waals surface area contributed by atoms with E-state index in [9.17, 15) is 33.9 Å². The average Bonchev–Trinajstić information content (AvgIpc) is 0.784. The molecular formula is C105H159N9O8. The van der Waals surface area contributed by atoms with Gasteiger partial charge in [0.05, 0.1) is 12.7 Å². The second kappa shape index (κ2) is 56.8. The minimum atomic E-state index is -0.322. The molecule has 0 spiro atoms. The summed E-state index contributed by atoms with van der Waals surface area (Å²) in [4.78, 5) is 88.9. The van der Waals surface area contributed by atoms with Gasteiger partial charge in [-0.1, -0.05) is 226 Å². The Labute approximate surface area is 739 Å². The molecule has 0 radical (unpaired) electrons. The van der Waals surface area contributed by atoms with Gasteiger partial charge in [0.1, 0.15) is 5.75 Å². The summed E-state index contributed by atoms with van der Waals surface area (Å²) in [5, 5.41) is 12.7. The van der Waals surface area contributed by atoms with E-state index in [1.165, 1.54) is 40.5 Å². The van der Waals surface area contributed by atoms with Gasteiger partial charge in [-0.25, -0.2) is 4.79 Å². The molecule has 0 unspecified atom stereocenters. The largest absolute Gasteiger partial charge is 0.508 e. The standard InChI is InChI=1S/C23H29N3O2.C23H28N2O3.C22H28N2O.C21H26N2O2.8C2H6/c1-24-21(27)18-6-5-7-20(16-18)23(12-14-26(4)15-13-23)19-10-8-17(9-11-19)22(28)25(2)3;1-24(2)21(26)17-8-10-19(11-9-17)23(12-14-25(3)15-13-23)20-7-5-6-18(16-20)22(27)28-4;1-17-6-5-7-20(16-17)22(12-14-24(4)15-13-22)19-10-8-18(9-11-19)21(25)23(2)3;1-22(2)20(25)16-7-9-17(10-8-16)21(11-13-23(3)14-12-21)18-5-4-6-19(24)15-18;8*1-2/h5-11,16H,12-15H2,1-4H3,(H,24,27);5-11,16H,12-15H2,1-4H3;5-11,16H,12-15H2,1-4H3;4-10,15,24H,11-14H2,1-3H3;8*1-2H3. The SMILES string of the molecule is CC.CC.CC.CC.CC.CC.CC.CC.CN1CCC(c2ccc(C(=O)N(C)C)cc2)(c2cccc(O)c2)CC1.CNC(=O)c1cccc(C2(c3ccc(C(=O)N(C)C)cc3)CCN(C)CC2)c1.COC(=O)c1cccc(C2(c3ccc(C(=O)N(C)C)cc3)CCN(C)CC2)c1.Cc1cccc(C2(c3ccc(C(=O)N(C)C)cc3)CCN(C)CC2)c1. The fraction of sp³-hybridized carbons (Fsp3) is 0.486. The molecule has 0 saturated carbocycles. The number of nitrogens with zero attached hydrogens (tertiary/aromatic N) is 8. The summed E-state index contributed by atoms with van der Waals surface area (Å²) >= 11 is 0. The first kappa shape index (κ1) is 110. The molecule has 4 heterocycles. The summed E-state index contributed by atoms with van der Waals surface area (Å²) in [5.74, 6) is -0.0213. The number of likely N-dealkylation sites (tertiary alicyclic amines) is 4. The van der Waals surface area contributed by atoms with Crippen LogP contribution in [0.1, 0.15) is 274 Å². The Morgan fingerprint density at radius 3 is 0.754 bits per heavy atom. The van der Waals surface area contributed by atoms with Crippen molar-refractivity contribution in [1.29, 1.82) is 0 Å². The molecule has 0 aliphatic carbocycles. The van der Waals surface area contributed by atoms with Crippen molar-refractivity contribution in [3.8, 4) is 5.75 Å². The normalized spacial score (nSPS) is 15.0. The topological polar surface area (TPSA) is 170 Å². The summed E-state index contributed by atoms with van der Waals surface area (Å²) in [6, 6.07) is 64.4. The number of hydrogen-bond donors (Lipinski definition) is 2. The first-order valence-corrected chi connectivity index (χ1v) is 45.0. The number of aromatic hydroxyl groups is 1. The van der Waals surface area contributed by atoms with Crippen LogP contribution in [0.2, 0.25) is 0 Å². The van der Waals surface area contributed by atoms with Crippen LogP contribution in [0, 0.1) is 6.92 Å². The molecule has 0 aromatic heterocycles. The lowest BCUT2D eigenvalue weighted by Gasteiger charge is -2.42. The van der Waals surface area contributed by atoms with E-state index in [-0.39, 0.29) is 57.2 Å². The number of phenols is 1. The van der Waals surface area contributed by atoms with Crippen molar-refractivity contribution in [3.63, 3.8) is 0 Å². The third-order valence-electron chi connectivity index (χ3n) is 22.4. The number of carbonyl (C=O) groups is 6. The van der Waals surface area contributed by atoms with Crippen LogP contribution in [0.5, 0.6) is 5.75 Å². The number of nitrogens with one attached hydrogen (secondary N) is 1. The first-order chi connectivity index (χ1) is 58.6. The van der Waals surface area contributed by atoms with E-state index in [0.29, 0.717) is 33.6 Å². The quantitative estimate of drug-likeness (QED) is 0.0990. The van der Waals surface area contributed by atoms with Gasteiger partial charge in [-0.2, -0.15) is 0 Å². The number of benzene rings is 8. The average molecular weight is 1680 g/mol. The number of amides is 5. The lowest BCUT2D eigenvalue weighted by molar-refractivity contribution is 0.0599. The lowest BCUT2D eigenvalue weighted by Crippen LogP contribution is -2.41. The molecule has 122 heavy (non-hydrogen) atoms. The number of esters is 1. The molecule has 672 valence electrons. The molecule has 0 atom stereocenters. The van der Waals surface area contributed by atoms with Gasteiger partial charge in [0.2, 0.25) is 0 Å². The number of aryl methyl sites for hydroxylation is 1. The van der Waals surface area contributed by atoms with Crippen molar-refractivity contribution in [2.24, 2.45) is 0 Å². The van der Waals surface area contributed by atoms with Crippen molar-refractivity contribution in [3.05, 3.63) is 278 Å². The summed E-state index contributed by atoms with van der Waals surface area (Å²) < 4.78 is 4.91. The zero-order valence-corrected chi connectivity index (χ0v) is 81.2. The summed E-state index contributed by atoms with van der Waals surface area (Å²) in [6.45, 7) is 42.3. The van der Waals surface area contributed by atoms with Gasteiger partial charge in [-0.15, -0.1) is 0 Å². The number of piperidine rings is 4. The fourth-order valence-corrected chi connectivity index (χ4v) is 15.6. The van der Waals surface area contributed by atoms with Gasteiger partial charge in [0.25, 0.3) is 29.5 Å². The second-order valence-electron chi connectivity index (χ2n) is 30.3. The van der Waals surface area contributed by atoms with Gasteiger partial charge in [-0.3, -0.25) is 24.0 Å². The van der Waals surface area contributed by atoms with E-state index in [2.05, 4.69) is 151 Å². The molecule has 17 nitrogen and oxygen atoms in total. The number of rotatable bonds is 14. The molecule has 4 saturated heterocycles. The summed E-state index contributed by atoms with van der Waals surface area (Å²) in [6.07, 6.45) is 8.05. The first-order valence-electron chi connectivity index (χ1n) is 45.0. The van der Waals surface area contributed by atoms with Crippen LogP contribution in [0.3, 0.4) is 0 Å². The number of methoxy groups -OCH3 is 1. The molecule has 4 aliphatic rings. The predicted molar refractivity (Wildman–Crippen MR) is 516 cm³/mol. The van der Waals surface area contributed by atoms with Crippen molar-refractivity contribution >= 4 is 35.5 Å². The Kier molecular flexibility index (Phi) is 51.3. The highest BCUT2D eigenvalue weighted by atomic mass is 16.5. The molecule has 4 aliphatic heterocycles. The van der Waals surface area contributed by atoms with Gasteiger partial charge in [0, 0.05) is 113 Å². The van der Waals surface area contributed by atoms with Gasteiger partial charge < -0.3 is 54.4 Å². The maximum Gasteiger partial charge on any atom is 0.337 e.